The van der Waals surface area contributed by atoms with Crippen LogP contribution >= 0.6 is 0 Å². The number of ether oxygens (including phenoxy) is 1. The molecule has 160 valence electrons. The zero-order valence-electron chi connectivity index (χ0n) is 17.7. The zero-order valence-corrected chi connectivity index (χ0v) is 17.7. The van der Waals surface area contributed by atoms with Gasteiger partial charge in [-0.3, -0.25) is 4.98 Å². The molecule has 0 bridgehead atoms. The van der Waals surface area contributed by atoms with Gasteiger partial charge in [0.05, 0.1) is 30.9 Å². The van der Waals surface area contributed by atoms with E-state index in [1.165, 1.54) is 0 Å². The Kier molecular flexibility index (Phi) is 5.09. The summed E-state index contributed by atoms with van der Waals surface area (Å²) in [5.74, 6) is 1.28. The molecule has 4 aromatic heterocycles. The largest absolute Gasteiger partial charge is 0.481 e. The van der Waals surface area contributed by atoms with E-state index in [4.69, 9.17) is 15.6 Å². The predicted molar refractivity (Wildman–Crippen MR) is 122 cm³/mol. The fraction of sp³-hybridized carbons (Fsp3) is 0.0833. The number of hydrogen-bond acceptors (Lipinski definition) is 8. The molecular formula is C24H18N8O. The summed E-state index contributed by atoms with van der Waals surface area (Å²) >= 11 is 0. The highest BCUT2D eigenvalue weighted by Gasteiger charge is 2.20. The van der Waals surface area contributed by atoms with Gasteiger partial charge in [-0.25, -0.2) is 19.5 Å². The normalized spacial score (nSPS) is 10.8. The number of benzene rings is 1. The number of nitrogens with two attached hydrogens (primary N) is 1. The molecule has 9 nitrogen and oxygen atoms in total. The van der Waals surface area contributed by atoms with E-state index < -0.39 is 0 Å². The Labute approximate surface area is 189 Å². The fourth-order valence-electron chi connectivity index (χ4n) is 3.58. The van der Waals surface area contributed by atoms with Crippen LogP contribution in [0, 0.1) is 11.3 Å². The smallest absolute Gasteiger partial charge is 0.212 e. The topological polar surface area (TPSA) is 128 Å². The van der Waals surface area contributed by atoms with Crippen LogP contribution in [0.4, 0.5) is 5.82 Å². The number of rotatable bonds is 5. The highest BCUT2D eigenvalue weighted by molar-refractivity contribution is 5.83. The number of hydrogen-bond donors (Lipinski definition) is 1. The number of fused-ring (bicyclic) bond motifs is 1. The van der Waals surface area contributed by atoms with Crippen LogP contribution in [-0.2, 0) is 6.42 Å². The average Bonchev–Trinajstić information content (AvgIpc) is 3.29. The van der Waals surface area contributed by atoms with Gasteiger partial charge in [0.1, 0.15) is 5.69 Å². The minimum Gasteiger partial charge on any atom is -0.481 e. The first-order valence-corrected chi connectivity index (χ1v) is 10.1. The number of nitrogens with zero attached hydrogens (tertiary/aromatic N) is 7. The SMILES string of the molecule is COc1ccc(-c2c(-c3cccc(C#N)c3)nc(N)c3nc(Cc4ccccn4)nn23)cn1. The van der Waals surface area contributed by atoms with Crippen LogP contribution < -0.4 is 10.5 Å². The van der Waals surface area contributed by atoms with Crippen molar-refractivity contribution in [3.05, 3.63) is 84.1 Å². The van der Waals surface area contributed by atoms with E-state index in [1.54, 1.807) is 48.3 Å². The van der Waals surface area contributed by atoms with Crippen LogP contribution in [0.1, 0.15) is 17.1 Å². The van der Waals surface area contributed by atoms with Crippen LogP contribution in [-0.4, -0.2) is 36.7 Å². The number of anilines is 1. The van der Waals surface area contributed by atoms with Crippen LogP contribution in [0.2, 0.25) is 0 Å². The molecular weight excluding hydrogens is 416 g/mol. The fourth-order valence-corrected chi connectivity index (χ4v) is 3.58. The summed E-state index contributed by atoms with van der Waals surface area (Å²) in [5, 5.41) is 14.1. The van der Waals surface area contributed by atoms with Crippen molar-refractivity contribution >= 4 is 11.5 Å². The molecule has 0 amide bonds. The molecule has 0 aliphatic rings. The molecule has 0 radical (unpaired) electrons. The molecule has 0 saturated heterocycles. The summed E-state index contributed by atoms with van der Waals surface area (Å²) in [6.45, 7) is 0. The van der Waals surface area contributed by atoms with E-state index in [2.05, 4.69) is 26.0 Å². The van der Waals surface area contributed by atoms with Crippen molar-refractivity contribution in [2.75, 3.05) is 12.8 Å². The van der Waals surface area contributed by atoms with Crippen LogP contribution in [0.5, 0.6) is 5.88 Å². The number of aromatic nitrogens is 6. The molecule has 0 fully saturated rings. The first-order valence-electron chi connectivity index (χ1n) is 10.1. The molecule has 5 rings (SSSR count). The molecule has 0 unspecified atom stereocenters. The minimum atomic E-state index is 0.234. The first kappa shape index (κ1) is 20.1. The standard InChI is InChI=1S/C24H18N8O/c1-33-20-9-8-17(14-28-20)22-21(16-6-4-5-15(11-16)13-25)30-23(26)24-29-19(31-32(22)24)12-18-7-2-3-10-27-18/h2-11,14H,12H2,1H3,(H2,26,30). The summed E-state index contributed by atoms with van der Waals surface area (Å²) in [6, 6.07) is 18.7. The second kappa shape index (κ2) is 8.36. The number of nitrogen functional groups attached to an aromatic ring is 1. The molecule has 0 saturated carbocycles. The van der Waals surface area contributed by atoms with Crippen LogP contribution in [0.25, 0.3) is 28.2 Å². The van der Waals surface area contributed by atoms with E-state index in [9.17, 15) is 5.26 Å². The highest BCUT2D eigenvalue weighted by atomic mass is 16.5. The minimum absolute atomic E-state index is 0.234. The van der Waals surface area contributed by atoms with Crippen molar-refractivity contribution in [3.8, 4) is 34.5 Å². The highest BCUT2D eigenvalue weighted by Crippen LogP contribution is 2.33. The summed E-state index contributed by atoms with van der Waals surface area (Å²) in [4.78, 5) is 18.0. The van der Waals surface area contributed by atoms with E-state index in [0.29, 0.717) is 40.7 Å². The lowest BCUT2D eigenvalue weighted by molar-refractivity contribution is 0.398. The monoisotopic (exact) mass is 434 g/mol. The summed E-state index contributed by atoms with van der Waals surface area (Å²) in [5.41, 5.74) is 10.8. The molecule has 4 heterocycles. The summed E-state index contributed by atoms with van der Waals surface area (Å²) in [6.07, 6.45) is 3.86. The predicted octanol–water partition coefficient (Wildman–Crippen LogP) is 3.30. The third-order valence-electron chi connectivity index (χ3n) is 5.10. The van der Waals surface area contributed by atoms with Crippen LogP contribution in [0.15, 0.2) is 67.0 Å². The third kappa shape index (κ3) is 3.81. The van der Waals surface area contributed by atoms with Gasteiger partial charge in [-0.2, -0.15) is 10.4 Å². The van der Waals surface area contributed by atoms with Crippen molar-refractivity contribution in [3.63, 3.8) is 0 Å². The van der Waals surface area contributed by atoms with Gasteiger partial charge in [0.2, 0.25) is 5.88 Å². The Morgan fingerprint density at radius 2 is 1.94 bits per heavy atom. The van der Waals surface area contributed by atoms with E-state index in [0.717, 1.165) is 16.8 Å². The maximum Gasteiger partial charge on any atom is 0.212 e. The maximum absolute atomic E-state index is 9.37. The molecule has 1 aromatic carbocycles. The van der Waals surface area contributed by atoms with Crippen molar-refractivity contribution in [1.29, 1.82) is 5.26 Å². The Hall–Kier alpha value is -4.84. The van der Waals surface area contributed by atoms with Crippen LogP contribution in [0.3, 0.4) is 0 Å². The van der Waals surface area contributed by atoms with Gasteiger partial charge < -0.3 is 10.5 Å². The first-order chi connectivity index (χ1) is 16.2. The van der Waals surface area contributed by atoms with Crippen molar-refractivity contribution in [2.24, 2.45) is 0 Å². The van der Waals surface area contributed by atoms with Gasteiger partial charge in [-0.05, 0) is 30.3 Å². The lowest BCUT2D eigenvalue weighted by Crippen LogP contribution is -2.05. The zero-order chi connectivity index (χ0) is 22.8. The Balaban J connectivity index is 1.75. The number of methoxy groups -OCH3 is 1. The summed E-state index contributed by atoms with van der Waals surface area (Å²) < 4.78 is 6.88. The molecule has 2 N–H and O–H groups in total. The molecule has 0 atom stereocenters. The van der Waals surface area contributed by atoms with Gasteiger partial charge in [0.25, 0.3) is 0 Å². The Morgan fingerprint density at radius 1 is 1.03 bits per heavy atom. The maximum atomic E-state index is 9.37. The molecule has 0 spiro atoms. The average molecular weight is 434 g/mol. The Morgan fingerprint density at radius 3 is 2.67 bits per heavy atom. The molecule has 0 aliphatic heterocycles. The number of pyridine rings is 2. The second-order valence-electron chi connectivity index (χ2n) is 7.24. The van der Waals surface area contributed by atoms with Crippen molar-refractivity contribution in [2.45, 2.75) is 6.42 Å². The summed E-state index contributed by atoms with van der Waals surface area (Å²) in [7, 11) is 1.56. The van der Waals surface area contributed by atoms with Gasteiger partial charge in [-0.15, -0.1) is 0 Å². The lowest BCUT2D eigenvalue weighted by atomic mass is 10.0. The van der Waals surface area contributed by atoms with E-state index >= 15 is 0 Å². The number of nitriles is 1. The molecule has 33 heavy (non-hydrogen) atoms. The molecule has 5 aromatic rings. The quantitative estimate of drug-likeness (QED) is 0.446. The second-order valence-corrected chi connectivity index (χ2v) is 7.24. The third-order valence-corrected chi connectivity index (χ3v) is 5.10. The van der Waals surface area contributed by atoms with Crippen molar-refractivity contribution in [1.82, 2.24) is 29.5 Å². The molecule has 9 heteroatoms. The van der Waals surface area contributed by atoms with E-state index in [-0.39, 0.29) is 5.82 Å². The van der Waals surface area contributed by atoms with Gasteiger partial charge in [0, 0.05) is 35.3 Å². The Bertz CT molecular complexity index is 1490. The molecule has 0 aliphatic carbocycles. The van der Waals surface area contributed by atoms with E-state index in [1.807, 2.05) is 30.3 Å². The van der Waals surface area contributed by atoms with Crippen molar-refractivity contribution < 1.29 is 4.74 Å². The van der Waals surface area contributed by atoms with Gasteiger partial charge >= 0.3 is 0 Å². The lowest BCUT2D eigenvalue weighted by Gasteiger charge is -2.12. The van der Waals surface area contributed by atoms with Gasteiger partial charge in [-0.1, -0.05) is 18.2 Å². The van der Waals surface area contributed by atoms with Gasteiger partial charge in [0.15, 0.2) is 17.3 Å².